The monoisotopic (exact) mass is 494 g/mol. The van der Waals surface area contributed by atoms with Crippen LogP contribution in [-0.2, 0) is 11.4 Å². The van der Waals surface area contributed by atoms with Crippen LogP contribution in [0.2, 0.25) is 0 Å². The molecule has 0 N–H and O–H groups in total. The van der Waals surface area contributed by atoms with Gasteiger partial charge in [-0.2, -0.15) is 0 Å². The number of rotatable bonds is 9. The van der Waals surface area contributed by atoms with Crippen LogP contribution in [0.4, 0.5) is 5.69 Å². The fourth-order valence-corrected chi connectivity index (χ4v) is 4.28. The first kappa shape index (κ1) is 24.0. The van der Waals surface area contributed by atoms with Crippen molar-refractivity contribution in [1.82, 2.24) is 15.0 Å². The second-order valence-electron chi connectivity index (χ2n) is 8.76. The van der Waals surface area contributed by atoms with Crippen LogP contribution in [0.3, 0.4) is 0 Å². The van der Waals surface area contributed by atoms with E-state index < -0.39 is 6.04 Å². The van der Waals surface area contributed by atoms with Crippen molar-refractivity contribution in [2.45, 2.75) is 25.6 Å². The summed E-state index contributed by atoms with van der Waals surface area (Å²) in [7, 11) is 1.51. The molecule has 1 amide bonds. The Morgan fingerprint density at radius 3 is 2.49 bits per heavy atom. The quantitative estimate of drug-likeness (QED) is 0.249. The Morgan fingerprint density at radius 1 is 0.973 bits per heavy atom. The van der Waals surface area contributed by atoms with Crippen LogP contribution in [0.15, 0.2) is 85.1 Å². The number of ether oxygens (including phenoxy) is 2. The van der Waals surface area contributed by atoms with Crippen LogP contribution in [0.1, 0.15) is 33.2 Å². The van der Waals surface area contributed by atoms with Crippen molar-refractivity contribution in [2.24, 2.45) is 0 Å². The third-order valence-corrected chi connectivity index (χ3v) is 6.25. The average molecular weight is 495 g/mol. The molecule has 8 heteroatoms. The molecule has 1 fully saturated rings. The van der Waals surface area contributed by atoms with Gasteiger partial charge in [-0.1, -0.05) is 65.4 Å². The number of aryl methyl sites for hydroxylation is 1. The van der Waals surface area contributed by atoms with Crippen molar-refractivity contribution in [1.29, 1.82) is 0 Å². The Labute approximate surface area is 214 Å². The SMILES string of the molecule is COc1cc(C=O)ccc1OCc1cn(C2C(=O)N(c3ccc(C)cc3)C2/C=C/c2ccccc2)nn1. The second kappa shape index (κ2) is 10.5. The number of aromatic nitrogens is 3. The highest BCUT2D eigenvalue weighted by Gasteiger charge is 2.48. The zero-order chi connectivity index (χ0) is 25.8. The average Bonchev–Trinajstić information content (AvgIpc) is 3.39. The van der Waals surface area contributed by atoms with Gasteiger partial charge >= 0.3 is 0 Å². The summed E-state index contributed by atoms with van der Waals surface area (Å²) in [6.07, 6.45) is 6.51. The zero-order valence-electron chi connectivity index (χ0n) is 20.5. The van der Waals surface area contributed by atoms with Crippen molar-refractivity contribution in [3.63, 3.8) is 0 Å². The van der Waals surface area contributed by atoms with Gasteiger partial charge in [-0.3, -0.25) is 9.59 Å². The number of anilines is 1. The van der Waals surface area contributed by atoms with E-state index in [0.717, 1.165) is 23.1 Å². The molecule has 2 unspecified atom stereocenters. The molecule has 0 radical (unpaired) electrons. The summed E-state index contributed by atoms with van der Waals surface area (Å²) in [6.45, 7) is 2.15. The molecule has 1 aliphatic heterocycles. The van der Waals surface area contributed by atoms with Gasteiger partial charge in [0, 0.05) is 11.3 Å². The van der Waals surface area contributed by atoms with Crippen LogP contribution >= 0.6 is 0 Å². The molecule has 186 valence electrons. The predicted octanol–water partition coefficient (Wildman–Crippen LogP) is 4.66. The van der Waals surface area contributed by atoms with Crippen molar-refractivity contribution in [2.75, 3.05) is 12.0 Å². The fourth-order valence-electron chi connectivity index (χ4n) is 4.28. The van der Waals surface area contributed by atoms with Gasteiger partial charge in [0.1, 0.15) is 18.6 Å². The van der Waals surface area contributed by atoms with Gasteiger partial charge in [-0.05, 0) is 42.8 Å². The molecule has 0 bridgehead atoms. The molecule has 3 aromatic carbocycles. The van der Waals surface area contributed by atoms with E-state index >= 15 is 0 Å². The minimum Gasteiger partial charge on any atom is -0.493 e. The number of amides is 1. The van der Waals surface area contributed by atoms with E-state index in [0.29, 0.717) is 22.8 Å². The Morgan fingerprint density at radius 2 is 1.76 bits per heavy atom. The molecule has 1 saturated heterocycles. The van der Waals surface area contributed by atoms with E-state index in [4.69, 9.17) is 9.47 Å². The maximum Gasteiger partial charge on any atom is 0.255 e. The molecule has 1 aromatic heterocycles. The molecular formula is C29H26N4O4. The minimum absolute atomic E-state index is 0.0601. The summed E-state index contributed by atoms with van der Waals surface area (Å²) < 4.78 is 12.8. The molecule has 0 aliphatic carbocycles. The fraction of sp³-hybridized carbons (Fsp3) is 0.172. The molecule has 2 heterocycles. The molecule has 0 saturated carbocycles. The van der Waals surface area contributed by atoms with Crippen LogP contribution < -0.4 is 14.4 Å². The molecule has 37 heavy (non-hydrogen) atoms. The van der Waals surface area contributed by atoms with Gasteiger partial charge in [-0.25, -0.2) is 4.68 Å². The number of hydrogen-bond donors (Lipinski definition) is 0. The molecule has 5 rings (SSSR count). The van der Waals surface area contributed by atoms with E-state index in [1.807, 2.05) is 73.7 Å². The summed E-state index contributed by atoms with van der Waals surface area (Å²) in [5.41, 5.74) is 4.07. The van der Waals surface area contributed by atoms with Gasteiger partial charge in [0.15, 0.2) is 17.5 Å². The van der Waals surface area contributed by atoms with Crippen LogP contribution in [-0.4, -0.2) is 40.3 Å². The largest absolute Gasteiger partial charge is 0.493 e. The van der Waals surface area contributed by atoms with Gasteiger partial charge < -0.3 is 14.4 Å². The lowest BCUT2D eigenvalue weighted by atomic mass is 9.92. The lowest BCUT2D eigenvalue weighted by Crippen LogP contribution is -2.61. The summed E-state index contributed by atoms with van der Waals surface area (Å²) in [4.78, 5) is 26.1. The van der Waals surface area contributed by atoms with Gasteiger partial charge in [0.2, 0.25) is 0 Å². The van der Waals surface area contributed by atoms with Crippen LogP contribution in [0.25, 0.3) is 6.08 Å². The highest BCUT2D eigenvalue weighted by molar-refractivity contribution is 6.05. The van der Waals surface area contributed by atoms with Gasteiger partial charge in [0.25, 0.3) is 5.91 Å². The number of methoxy groups -OCH3 is 1. The highest BCUT2D eigenvalue weighted by atomic mass is 16.5. The number of β-lactam (4-membered cyclic amide) rings is 1. The summed E-state index contributed by atoms with van der Waals surface area (Å²) in [5, 5.41) is 8.46. The third-order valence-electron chi connectivity index (χ3n) is 6.25. The number of aldehydes is 1. The molecule has 0 spiro atoms. The number of carbonyl (C=O) groups is 2. The third kappa shape index (κ3) is 4.99. The Hall–Kier alpha value is -4.72. The second-order valence-corrected chi connectivity index (χ2v) is 8.76. The first-order valence-electron chi connectivity index (χ1n) is 11.9. The number of benzene rings is 3. The molecule has 8 nitrogen and oxygen atoms in total. The standard InChI is InChI=1S/C29H26N4O4/c1-20-8-12-24(13-9-20)33-25(14-10-21-6-4-3-5-7-21)28(29(33)35)32-17-23(30-31-32)19-37-26-15-11-22(18-34)16-27(26)36-2/h3-18,25,28H,19H2,1-2H3/b14-10+. The van der Waals surface area contributed by atoms with E-state index in [9.17, 15) is 9.59 Å². The number of nitrogens with zero attached hydrogens (tertiary/aromatic N) is 4. The van der Waals surface area contributed by atoms with Gasteiger partial charge in [0.05, 0.1) is 19.3 Å². The van der Waals surface area contributed by atoms with Crippen molar-refractivity contribution in [3.05, 3.63) is 107 Å². The first-order chi connectivity index (χ1) is 18.1. The summed E-state index contributed by atoms with van der Waals surface area (Å²) in [5.74, 6) is 0.873. The lowest BCUT2D eigenvalue weighted by molar-refractivity contribution is -0.128. The van der Waals surface area contributed by atoms with E-state index in [1.165, 1.54) is 7.11 Å². The summed E-state index contributed by atoms with van der Waals surface area (Å²) in [6, 6.07) is 22.0. The normalized spacial score (nSPS) is 17.0. The molecule has 2 atom stereocenters. The molecule has 1 aliphatic rings. The first-order valence-corrected chi connectivity index (χ1v) is 11.9. The van der Waals surface area contributed by atoms with Gasteiger partial charge in [-0.15, -0.1) is 5.10 Å². The molecular weight excluding hydrogens is 468 g/mol. The van der Waals surface area contributed by atoms with E-state index in [2.05, 4.69) is 10.3 Å². The van der Waals surface area contributed by atoms with Crippen LogP contribution in [0.5, 0.6) is 11.5 Å². The van der Waals surface area contributed by atoms with Crippen LogP contribution in [0, 0.1) is 6.92 Å². The smallest absolute Gasteiger partial charge is 0.255 e. The zero-order valence-corrected chi connectivity index (χ0v) is 20.5. The Bertz CT molecular complexity index is 1430. The Kier molecular flexibility index (Phi) is 6.81. The highest BCUT2D eigenvalue weighted by Crippen LogP contribution is 2.37. The predicted molar refractivity (Wildman–Crippen MR) is 140 cm³/mol. The minimum atomic E-state index is -0.524. The van der Waals surface area contributed by atoms with E-state index in [1.54, 1.807) is 34.0 Å². The molecule has 4 aromatic rings. The van der Waals surface area contributed by atoms with E-state index in [-0.39, 0.29) is 18.6 Å². The summed E-state index contributed by atoms with van der Waals surface area (Å²) >= 11 is 0. The van der Waals surface area contributed by atoms with Crippen molar-refractivity contribution < 1.29 is 19.1 Å². The van der Waals surface area contributed by atoms with Crippen molar-refractivity contribution in [3.8, 4) is 11.5 Å². The Balaban J connectivity index is 1.36. The topological polar surface area (TPSA) is 86.5 Å². The maximum absolute atomic E-state index is 13.3. The van der Waals surface area contributed by atoms with Crippen molar-refractivity contribution >= 4 is 24.0 Å². The maximum atomic E-state index is 13.3. The lowest BCUT2D eigenvalue weighted by Gasteiger charge is -2.45. The number of carbonyl (C=O) groups excluding carboxylic acids is 2. The number of hydrogen-bond acceptors (Lipinski definition) is 6.